The predicted octanol–water partition coefficient (Wildman–Crippen LogP) is 7.60. The average Bonchev–Trinajstić information content (AvgIpc) is 4.13. The average molecular weight is 994 g/mol. The molecule has 4 unspecified atom stereocenters. The quantitative estimate of drug-likeness (QED) is 0.0649. The standard InChI is InChI=1S/C54H55N7O12/c1-7-15-71-54(66)59-49(30(2)3)51(63)57-31(4)50(62)58-36-12-9-32(10-13-36)34-18-37-25-55-41-23-47(44(67-5)21-39(41)52(64)60(37)27-34)69-16-8-17-70-48-24-42-40(22-45(48)68-6)53(65)61-28-35(19-38(61)26-56-42)33-11-14-43-46(20-33)73-29-72-43/h7,9-14,20-28,30-31,37-38,49H,1,8,15-19,29H2,2-6H3,(H,57,63)(H,58,62)(H,59,66). The lowest BCUT2D eigenvalue weighted by molar-refractivity contribution is -0.128. The summed E-state index contributed by atoms with van der Waals surface area (Å²) >= 11 is 0. The van der Waals surface area contributed by atoms with Crippen LogP contribution >= 0.6 is 0 Å². The smallest absolute Gasteiger partial charge is 0.408 e. The number of fused-ring (bicyclic) bond motifs is 5. The molecule has 4 atom stereocenters. The molecule has 0 aromatic heterocycles. The molecule has 19 heteroatoms. The zero-order chi connectivity index (χ0) is 51.3. The van der Waals surface area contributed by atoms with Gasteiger partial charge in [0.05, 0.1) is 62.0 Å². The highest BCUT2D eigenvalue weighted by Crippen LogP contribution is 2.43. The number of nitrogens with one attached hydrogen (secondary N) is 3. The second-order valence-electron chi connectivity index (χ2n) is 18.0. The van der Waals surface area contributed by atoms with Crippen molar-refractivity contribution in [2.24, 2.45) is 15.9 Å². The number of ether oxygens (including phenoxy) is 7. The Labute approximate surface area is 421 Å². The second-order valence-corrected chi connectivity index (χ2v) is 18.0. The van der Waals surface area contributed by atoms with E-state index in [4.69, 9.17) is 43.1 Å². The van der Waals surface area contributed by atoms with Crippen molar-refractivity contribution in [3.8, 4) is 34.5 Å². The molecule has 4 aromatic carbocycles. The number of methoxy groups -OCH3 is 2. The van der Waals surface area contributed by atoms with E-state index >= 15 is 0 Å². The van der Waals surface area contributed by atoms with E-state index in [9.17, 15) is 24.0 Å². The first-order valence-electron chi connectivity index (χ1n) is 23.8. The largest absolute Gasteiger partial charge is 0.493 e. The van der Waals surface area contributed by atoms with Crippen LogP contribution in [0.2, 0.25) is 0 Å². The monoisotopic (exact) mass is 993 g/mol. The van der Waals surface area contributed by atoms with Gasteiger partial charge in [0, 0.05) is 61.9 Å². The Balaban J connectivity index is 0.778. The first-order valence-corrected chi connectivity index (χ1v) is 23.8. The van der Waals surface area contributed by atoms with Crippen molar-refractivity contribution in [2.45, 2.75) is 64.2 Å². The maximum Gasteiger partial charge on any atom is 0.408 e. The van der Waals surface area contributed by atoms with Crippen molar-refractivity contribution < 1.29 is 57.1 Å². The maximum absolute atomic E-state index is 14.1. The number of benzene rings is 4. The van der Waals surface area contributed by atoms with Gasteiger partial charge in [0.15, 0.2) is 34.5 Å². The Bertz CT molecular complexity index is 2980. The predicted molar refractivity (Wildman–Crippen MR) is 272 cm³/mol. The van der Waals surface area contributed by atoms with E-state index in [2.05, 4.69) is 22.5 Å². The van der Waals surface area contributed by atoms with Crippen LogP contribution < -0.4 is 44.4 Å². The first-order chi connectivity index (χ1) is 35.3. The van der Waals surface area contributed by atoms with Crippen LogP contribution in [0.4, 0.5) is 21.9 Å². The number of rotatable bonds is 18. The Morgan fingerprint density at radius 2 is 1.29 bits per heavy atom. The number of carbonyl (C=O) groups excluding carboxylic acids is 5. The summed E-state index contributed by atoms with van der Waals surface area (Å²) in [4.78, 5) is 78.8. The minimum Gasteiger partial charge on any atom is -0.493 e. The van der Waals surface area contributed by atoms with Crippen LogP contribution in [0.5, 0.6) is 34.5 Å². The molecule has 9 rings (SSSR count). The fourth-order valence-corrected chi connectivity index (χ4v) is 8.89. The summed E-state index contributed by atoms with van der Waals surface area (Å²) in [5.74, 6) is 1.29. The Morgan fingerprint density at radius 3 is 1.85 bits per heavy atom. The van der Waals surface area contributed by atoms with Crippen molar-refractivity contribution in [1.29, 1.82) is 0 Å². The van der Waals surface area contributed by atoms with Crippen molar-refractivity contribution in [3.05, 3.63) is 114 Å². The van der Waals surface area contributed by atoms with E-state index in [1.54, 1.807) is 79.4 Å². The molecule has 73 heavy (non-hydrogen) atoms. The van der Waals surface area contributed by atoms with Gasteiger partial charge in [-0.05, 0) is 71.5 Å². The van der Waals surface area contributed by atoms with E-state index in [-0.39, 0.29) is 56.4 Å². The third-order valence-electron chi connectivity index (χ3n) is 12.8. The lowest BCUT2D eigenvalue weighted by Gasteiger charge is -2.23. The summed E-state index contributed by atoms with van der Waals surface area (Å²) in [6, 6.07) is 17.2. The van der Waals surface area contributed by atoms with Gasteiger partial charge in [-0.15, -0.1) is 0 Å². The molecule has 5 aliphatic rings. The minimum atomic E-state index is -0.919. The molecule has 0 fully saturated rings. The van der Waals surface area contributed by atoms with E-state index in [1.807, 2.05) is 42.7 Å². The molecule has 0 saturated heterocycles. The minimum absolute atomic E-state index is 0.00622. The Hall–Kier alpha value is -8.61. The van der Waals surface area contributed by atoms with Gasteiger partial charge in [0.25, 0.3) is 11.8 Å². The molecule has 5 aliphatic heterocycles. The van der Waals surface area contributed by atoms with E-state index < -0.39 is 30.0 Å². The number of amides is 5. The lowest BCUT2D eigenvalue weighted by Crippen LogP contribution is -2.53. The highest BCUT2D eigenvalue weighted by atomic mass is 16.7. The topological polar surface area (TPSA) is 217 Å². The van der Waals surface area contributed by atoms with Gasteiger partial charge in [-0.2, -0.15) is 0 Å². The van der Waals surface area contributed by atoms with Crippen LogP contribution in [-0.2, 0) is 14.3 Å². The molecule has 5 heterocycles. The molecule has 0 aliphatic carbocycles. The molecule has 0 saturated carbocycles. The molecule has 0 spiro atoms. The fourth-order valence-electron chi connectivity index (χ4n) is 8.89. The zero-order valence-electron chi connectivity index (χ0n) is 41.0. The molecule has 0 radical (unpaired) electrons. The van der Waals surface area contributed by atoms with Gasteiger partial charge >= 0.3 is 6.09 Å². The Morgan fingerprint density at radius 1 is 0.726 bits per heavy atom. The molecule has 3 N–H and O–H groups in total. The number of nitrogens with zero attached hydrogens (tertiary/aromatic N) is 4. The summed E-state index contributed by atoms with van der Waals surface area (Å²) in [7, 11) is 3.02. The zero-order valence-corrected chi connectivity index (χ0v) is 41.0. The van der Waals surface area contributed by atoms with E-state index in [0.717, 1.165) is 22.3 Å². The van der Waals surface area contributed by atoms with Crippen LogP contribution in [0, 0.1) is 5.92 Å². The second kappa shape index (κ2) is 21.4. The SMILES string of the molecule is C=CCOC(=O)NC(C(=O)NC(C)C(=O)Nc1ccc(C2=CN3C(=O)c4cc(OC)c(OCCCOc5cc6c(cc5OC)C(=O)N5C=C(c7ccc8c(c7)OCO8)CC5C=N6)cc4N=CC3C2)cc1)C(C)C. The molecule has 4 aromatic rings. The van der Waals surface area contributed by atoms with Crippen molar-refractivity contribution in [3.63, 3.8) is 0 Å². The van der Waals surface area contributed by atoms with Gasteiger partial charge in [0.2, 0.25) is 18.6 Å². The molecule has 19 nitrogen and oxygen atoms in total. The van der Waals surface area contributed by atoms with E-state index in [1.165, 1.54) is 20.3 Å². The highest BCUT2D eigenvalue weighted by molar-refractivity contribution is 6.07. The van der Waals surface area contributed by atoms with Crippen molar-refractivity contribution >= 4 is 70.4 Å². The number of aliphatic imine (C=N–C) groups is 2. The first kappa shape index (κ1) is 49.4. The number of hydrogen-bond acceptors (Lipinski definition) is 14. The van der Waals surface area contributed by atoms with Crippen LogP contribution in [0.25, 0.3) is 11.1 Å². The van der Waals surface area contributed by atoms with Gasteiger partial charge in [-0.25, -0.2) is 4.79 Å². The third kappa shape index (κ3) is 10.6. The number of anilines is 1. The van der Waals surface area contributed by atoms with E-state index in [0.29, 0.717) is 81.9 Å². The highest BCUT2D eigenvalue weighted by Gasteiger charge is 2.36. The van der Waals surface area contributed by atoms with Gasteiger partial charge in [0.1, 0.15) is 18.7 Å². The summed E-state index contributed by atoms with van der Waals surface area (Å²) in [5, 5.41) is 8.00. The van der Waals surface area contributed by atoms with Crippen molar-refractivity contribution in [1.82, 2.24) is 20.4 Å². The molecular formula is C54H55N7O12. The summed E-state index contributed by atoms with van der Waals surface area (Å²) in [6.07, 6.45) is 9.42. The van der Waals surface area contributed by atoms with Crippen LogP contribution in [-0.4, -0.2) is 117 Å². The summed E-state index contributed by atoms with van der Waals surface area (Å²) in [5.41, 5.74) is 5.86. The lowest BCUT2D eigenvalue weighted by atomic mass is 10.0. The number of hydrogen-bond donors (Lipinski definition) is 3. The molecule has 5 amide bonds. The normalized spacial score (nSPS) is 17.7. The Kier molecular flexibility index (Phi) is 14.5. The van der Waals surface area contributed by atoms with Gasteiger partial charge < -0.3 is 58.9 Å². The maximum atomic E-state index is 14.1. The van der Waals surface area contributed by atoms with Crippen LogP contribution in [0.15, 0.2) is 102 Å². The molecule has 0 bridgehead atoms. The molecule has 378 valence electrons. The molecular weight excluding hydrogens is 939 g/mol. The summed E-state index contributed by atoms with van der Waals surface area (Å²) in [6.45, 7) is 9.26. The number of carbonyl (C=O) groups is 5. The fraction of sp³-hybridized carbons (Fsp3) is 0.315. The summed E-state index contributed by atoms with van der Waals surface area (Å²) < 4.78 is 39.6. The number of alkyl carbamates (subject to hydrolysis) is 1. The van der Waals surface area contributed by atoms with Gasteiger partial charge in [-0.1, -0.05) is 44.7 Å². The van der Waals surface area contributed by atoms with Crippen molar-refractivity contribution in [2.75, 3.05) is 46.1 Å². The third-order valence-corrected chi connectivity index (χ3v) is 12.8. The van der Waals surface area contributed by atoms with Crippen LogP contribution in [0.1, 0.15) is 71.9 Å². The van der Waals surface area contributed by atoms with Gasteiger partial charge in [-0.3, -0.25) is 29.2 Å². The van der Waals surface area contributed by atoms with Crippen LogP contribution in [0.3, 0.4) is 0 Å².